The number of hydrogen-bond acceptors (Lipinski definition) is 3. The van der Waals surface area contributed by atoms with Crippen molar-refractivity contribution < 1.29 is 4.79 Å². The van der Waals surface area contributed by atoms with Crippen LogP contribution < -0.4 is 11.5 Å². The van der Waals surface area contributed by atoms with Crippen LogP contribution in [0, 0.1) is 0 Å². The summed E-state index contributed by atoms with van der Waals surface area (Å²) in [6.07, 6.45) is 4.56. The van der Waals surface area contributed by atoms with Crippen molar-refractivity contribution in [3.63, 3.8) is 0 Å². The SMILES string of the molecule is C=CC(=CCC)C(N)C1=C(CN)c2ccccc2C1=O. The van der Waals surface area contributed by atoms with Gasteiger partial charge in [-0.1, -0.05) is 49.9 Å². The molecule has 0 spiro atoms. The van der Waals surface area contributed by atoms with Crippen LogP contribution in [0.5, 0.6) is 0 Å². The number of nitrogens with two attached hydrogens (primary N) is 2. The Bertz CT molecular complexity index is 611. The molecule has 1 atom stereocenters. The highest BCUT2D eigenvalue weighted by atomic mass is 16.1. The molecular weight excluding hydrogens is 248 g/mol. The molecule has 0 fully saturated rings. The average molecular weight is 268 g/mol. The number of carbonyl (C=O) groups is 1. The summed E-state index contributed by atoms with van der Waals surface area (Å²) < 4.78 is 0. The Morgan fingerprint density at radius 1 is 1.35 bits per heavy atom. The minimum atomic E-state index is -0.467. The summed E-state index contributed by atoms with van der Waals surface area (Å²) in [7, 11) is 0. The summed E-state index contributed by atoms with van der Waals surface area (Å²) in [6, 6.07) is 7.05. The van der Waals surface area contributed by atoms with Gasteiger partial charge in [-0.25, -0.2) is 0 Å². The van der Waals surface area contributed by atoms with Gasteiger partial charge in [0.05, 0.1) is 6.04 Å². The molecule has 20 heavy (non-hydrogen) atoms. The minimum absolute atomic E-state index is 0.0163. The fraction of sp³-hybridized carbons (Fsp3) is 0.235. The van der Waals surface area contributed by atoms with Crippen molar-refractivity contribution in [2.24, 2.45) is 11.5 Å². The molecule has 3 heteroatoms. The van der Waals surface area contributed by atoms with Gasteiger partial charge in [0.15, 0.2) is 5.78 Å². The van der Waals surface area contributed by atoms with Gasteiger partial charge in [-0.2, -0.15) is 0 Å². The van der Waals surface area contributed by atoms with Gasteiger partial charge in [0, 0.05) is 17.7 Å². The van der Waals surface area contributed by atoms with Crippen molar-refractivity contribution in [2.45, 2.75) is 19.4 Å². The molecule has 1 aromatic rings. The summed E-state index contributed by atoms with van der Waals surface area (Å²) in [6.45, 7) is 6.12. The highest BCUT2D eigenvalue weighted by molar-refractivity contribution is 6.21. The second-order valence-electron chi connectivity index (χ2n) is 4.77. The number of Topliss-reactive ketones (excluding diaryl/α,β-unsaturated/α-hetero) is 1. The molecule has 0 heterocycles. The van der Waals surface area contributed by atoms with E-state index in [0.717, 1.165) is 23.1 Å². The third kappa shape index (κ3) is 2.26. The van der Waals surface area contributed by atoms with Crippen LogP contribution in [0.2, 0.25) is 0 Å². The highest BCUT2D eigenvalue weighted by Gasteiger charge is 2.32. The van der Waals surface area contributed by atoms with Crippen molar-refractivity contribution in [2.75, 3.05) is 6.54 Å². The molecule has 0 radical (unpaired) electrons. The first-order chi connectivity index (χ1) is 9.65. The Labute approximate surface area is 119 Å². The largest absolute Gasteiger partial charge is 0.326 e. The van der Waals surface area contributed by atoms with E-state index in [1.165, 1.54) is 0 Å². The van der Waals surface area contributed by atoms with E-state index < -0.39 is 6.04 Å². The molecular formula is C17H20N2O. The fourth-order valence-electron chi connectivity index (χ4n) is 2.66. The quantitative estimate of drug-likeness (QED) is 0.806. The van der Waals surface area contributed by atoms with Gasteiger partial charge in [-0.05, 0) is 23.1 Å². The number of hydrogen-bond donors (Lipinski definition) is 2. The molecule has 1 unspecified atom stereocenters. The van der Waals surface area contributed by atoms with Crippen molar-refractivity contribution in [1.29, 1.82) is 0 Å². The number of carbonyl (C=O) groups excluding carboxylic acids is 1. The van der Waals surface area contributed by atoms with Crippen LogP contribution in [0.25, 0.3) is 5.57 Å². The van der Waals surface area contributed by atoms with Gasteiger partial charge < -0.3 is 11.5 Å². The van der Waals surface area contributed by atoms with Crippen LogP contribution in [0.4, 0.5) is 0 Å². The first-order valence-electron chi connectivity index (χ1n) is 6.80. The van der Waals surface area contributed by atoms with Crippen LogP contribution in [-0.2, 0) is 0 Å². The predicted octanol–water partition coefficient (Wildman–Crippen LogP) is 2.44. The summed E-state index contributed by atoms with van der Waals surface area (Å²) in [4.78, 5) is 12.6. The van der Waals surface area contributed by atoms with E-state index in [1.54, 1.807) is 6.08 Å². The van der Waals surface area contributed by atoms with E-state index in [1.807, 2.05) is 37.3 Å². The zero-order chi connectivity index (χ0) is 14.7. The third-order valence-electron chi connectivity index (χ3n) is 3.62. The molecule has 0 saturated heterocycles. The molecule has 2 rings (SSSR count). The van der Waals surface area contributed by atoms with E-state index in [4.69, 9.17) is 11.5 Å². The molecule has 0 bridgehead atoms. The van der Waals surface area contributed by atoms with Gasteiger partial charge in [-0.15, -0.1) is 0 Å². The lowest BCUT2D eigenvalue weighted by atomic mass is 9.94. The van der Waals surface area contributed by atoms with Gasteiger partial charge in [-0.3, -0.25) is 4.79 Å². The number of benzene rings is 1. The molecule has 0 saturated carbocycles. The van der Waals surface area contributed by atoms with Crippen LogP contribution in [0.15, 0.2) is 54.1 Å². The zero-order valence-corrected chi connectivity index (χ0v) is 11.7. The second kappa shape index (κ2) is 5.99. The van der Waals surface area contributed by atoms with Crippen LogP contribution in [0.3, 0.4) is 0 Å². The molecule has 1 aromatic carbocycles. The number of ketones is 1. The zero-order valence-electron chi connectivity index (χ0n) is 11.7. The standard InChI is InChI=1S/C17H20N2O/c1-3-7-11(4-2)16(19)15-14(10-18)12-8-5-6-9-13(12)17(15)20/h4-9,16H,2-3,10,18-19H2,1H3. The maximum absolute atomic E-state index is 12.6. The van der Waals surface area contributed by atoms with Gasteiger partial charge in [0.1, 0.15) is 0 Å². The van der Waals surface area contributed by atoms with E-state index in [0.29, 0.717) is 17.7 Å². The van der Waals surface area contributed by atoms with Gasteiger partial charge in [0.2, 0.25) is 0 Å². The van der Waals surface area contributed by atoms with E-state index in [-0.39, 0.29) is 5.78 Å². The predicted molar refractivity (Wildman–Crippen MR) is 83.3 cm³/mol. The van der Waals surface area contributed by atoms with Gasteiger partial charge in [0.25, 0.3) is 0 Å². The van der Waals surface area contributed by atoms with Gasteiger partial charge >= 0.3 is 0 Å². The third-order valence-corrected chi connectivity index (χ3v) is 3.62. The molecule has 1 aliphatic carbocycles. The Kier molecular flexibility index (Phi) is 4.32. The maximum Gasteiger partial charge on any atom is 0.191 e. The monoisotopic (exact) mass is 268 g/mol. The maximum atomic E-state index is 12.6. The van der Waals surface area contributed by atoms with Crippen molar-refractivity contribution >= 4 is 11.4 Å². The lowest BCUT2D eigenvalue weighted by Crippen LogP contribution is -2.28. The highest BCUT2D eigenvalue weighted by Crippen LogP contribution is 2.34. The van der Waals surface area contributed by atoms with Crippen LogP contribution >= 0.6 is 0 Å². The normalized spacial score (nSPS) is 16.4. The Morgan fingerprint density at radius 3 is 2.55 bits per heavy atom. The molecule has 1 aliphatic rings. The Morgan fingerprint density at radius 2 is 2.00 bits per heavy atom. The molecule has 0 amide bonds. The second-order valence-corrected chi connectivity index (χ2v) is 4.77. The summed E-state index contributed by atoms with van der Waals surface area (Å²) in [5.74, 6) is -0.0163. The lowest BCUT2D eigenvalue weighted by Gasteiger charge is -2.15. The number of allylic oxidation sites excluding steroid dienone is 1. The first kappa shape index (κ1) is 14.4. The molecule has 4 N–H and O–H groups in total. The van der Waals surface area contributed by atoms with Crippen LogP contribution in [0.1, 0.15) is 29.3 Å². The number of rotatable bonds is 5. The average Bonchev–Trinajstić information content (AvgIpc) is 2.77. The van der Waals surface area contributed by atoms with E-state index >= 15 is 0 Å². The molecule has 104 valence electrons. The molecule has 0 aliphatic heterocycles. The summed E-state index contributed by atoms with van der Waals surface area (Å²) >= 11 is 0. The topological polar surface area (TPSA) is 69.1 Å². The fourth-order valence-corrected chi connectivity index (χ4v) is 2.66. The lowest BCUT2D eigenvalue weighted by molar-refractivity contribution is 0.103. The van der Waals surface area contributed by atoms with Crippen molar-refractivity contribution in [3.8, 4) is 0 Å². The number of fused-ring (bicyclic) bond motifs is 1. The first-order valence-corrected chi connectivity index (χ1v) is 6.80. The van der Waals surface area contributed by atoms with E-state index in [2.05, 4.69) is 6.58 Å². The minimum Gasteiger partial charge on any atom is -0.326 e. The van der Waals surface area contributed by atoms with E-state index in [9.17, 15) is 4.79 Å². The Hall–Kier alpha value is -1.97. The summed E-state index contributed by atoms with van der Waals surface area (Å²) in [5.41, 5.74) is 16.1. The molecule has 0 aromatic heterocycles. The van der Waals surface area contributed by atoms with Crippen LogP contribution in [-0.4, -0.2) is 18.4 Å². The smallest absolute Gasteiger partial charge is 0.191 e. The Balaban J connectivity index is 2.54. The molecule has 3 nitrogen and oxygen atoms in total. The van der Waals surface area contributed by atoms with Crippen molar-refractivity contribution in [3.05, 3.63) is 65.3 Å². The summed E-state index contributed by atoms with van der Waals surface area (Å²) in [5, 5.41) is 0. The van der Waals surface area contributed by atoms with Crippen molar-refractivity contribution in [1.82, 2.24) is 0 Å².